The summed E-state index contributed by atoms with van der Waals surface area (Å²) in [6.45, 7) is 9.58. The first-order valence-electron chi connectivity index (χ1n) is 11.4. The van der Waals surface area contributed by atoms with Crippen LogP contribution in [0.1, 0.15) is 43.3 Å². The molecule has 6 heterocycles. The SMILES string of the molecule is CC(C)N1C[C@H]2CC[C@@H]1CN2c1ccc2c(ccc3sc4c(c32)NC[C@@H](C)NC4=O)n1. The molecule has 4 aliphatic heterocycles. The molecule has 0 aliphatic carbocycles. The Kier molecular flexibility index (Phi) is 4.40. The monoisotopic (exact) mass is 435 g/mol. The molecule has 0 unspecified atom stereocenters. The third-order valence-electron chi connectivity index (χ3n) is 7.21. The zero-order chi connectivity index (χ0) is 21.3. The minimum absolute atomic E-state index is 0.0190. The lowest BCUT2D eigenvalue weighted by Gasteiger charge is -2.53. The summed E-state index contributed by atoms with van der Waals surface area (Å²) < 4.78 is 1.13. The molecule has 2 aromatic heterocycles. The number of pyridine rings is 1. The Balaban J connectivity index is 1.41. The van der Waals surface area contributed by atoms with E-state index in [1.54, 1.807) is 11.3 Å². The van der Waals surface area contributed by atoms with Gasteiger partial charge in [-0.2, -0.15) is 0 Å². The number of fused-ring (bicyclic) bond motifs is 8. The molecule has 3 saturated heterocycles. The number of hydrogen-bond acceptors (Lipinski definition) is 6. The number of aromatic nitrogens is 1. The molecule has 2 N–H and O–H groups in total. The number of piperazine rings is 1. The van der Waals surface area contributed by atoms with Gasteiger partial charge in [0.1, 0.15) is 10.7 Å². The number of anilines is 2. The minimum atomic E-state index is 0.0190. The molecule has 3 fully saturated rings. The van der Waals surface area contributed by atoms with Crippen molar-refractivity contribution in [1.82, 2.24) is 15.2 Å². The maximum absolute atomic E-state index is 12.7. The molecule has 1 amide bonds. The van der Waals surface area contributed by atoms with Crippen molar-refractivity contribution >= 4 is 49.7 Å². The van der Waals surface area contributed by atoms with Gasteiger partial charge in [0, 0.05) is 59.3 Å². The molecular weight excluding hydrogens is 406 g/mol. The van der Waals surface area contributed by atoms with Crippen molar-refractivity contribution in [3.8, 4) is 0 Å². The second-order valence-electron chi connectivity index (χ2n) is 9.56. The molecule has 0 saturated carbocycles. The van der Waals surface area contributed by atoms with Crippen molar-refractivity contribution in [2.45, 2.75) is 57.8 Å². The molecule has 4 aliphatic rings. The van der Waals surface area contributed by atoms with E-state index in [0.29, 0.717) is 18.1 Å². The number of carbonyl (C=O) groups excluding carboxylic acids is 1. The molecule has 7 heteroatoms. The van der Waals surface area contributed by atoms with Crippen molar-refractivity contribution in [1.29, 1.82) is 0 Å². The summed E-state index contributed by atoms with van der Waals surface area (Å²) in [5.41, 5.74) is 1.97. The van der Waals surface area contributed by atoms with E-state index in [0.717, 1.165) is 57.0 Å². The van der Waals surface area contributed by atoms with E-state index in [1.807, 2.05) is 6.92 Å². The maximum atomic E-state index is 12.7. The Morgan fingerprint density at radius 3 is 2.74 bits per heavy atom. The molecule has 0 radical (unpaired) electrons. The second kappa shape index (κ2) is 7.07. The van der Waals surface area contributed by atoms with Crippen LogP contribution in [0.15, 0.2) is 24.3 Å². The van der Waals surface area contributed by atoms with Gasteiger partial charge in [-0.25, -0.2) is 4.98 Å². The number of amides is 1. The lowest BCUT2D eigenvalue weighted by molar-refractivity contribution is 0.0669. The second-order valence-corrected chi connectivity index (χ2v) is 10.6. The Hall–Kier alpha value is -2.38. The van der Waals surface area contributed by atoms with Gasteiger partial charge >= 0.3 is 0 Å². The number of carbonyl (C=O) groups is 1. The molecule has 7 rings (SSSR count). The largest absolute Gasteiger partial charge is 0.381 e. The molecule has 1 aromatic carbocycles. The molecule has 31 heavy (non-hydrogen) atoms. The molecule has 162 valence electrons. The van der Waals surface area contributed by atoms with E-state index in [9.17, 15) is 4.79 Å². The molecular formula is C24H29N5OS. The normalized spacial score (nSPS) is 26.3. The summed E-state index contributed by atoms with van der Waals surface area (Å²) in [4.78, 5) is 23.7. The van der Waals surface area contributed by atoms with E-state index in [4.69, 9.17) is 4.98 Å². The number of nitrogens with one attached hydrogen (secondary N) is 2. The third kappa shape index (κ3) is 3.01. The van der Waals surface area contributed by atoms with Crippen molar-refractivity contribution < 1.29 is 4.79 Å². The van der Waals surface area contributed by atoms with Crippen LogP contribution >= 0.6 is 11.3 Å². The lowest BCUT2D eigenvalue weighted by atomic mass is 9.89. The summed E-state index contributed by atoms with van der Waals surface area (Å²) in [6, 6.07) is 10.5. The fraction of sp³-hybridized carbons (Fsp3) is 0.500. The van der Waals surface area contributed by atoms with Gasteiger partial charge in [-0.1, -0.05) is 0 Å². The summed E-state index contributed by atoms with van der Waals surface area (Å²) in [5.74, 6) is 1.11. The fourth-order valence-corrected chi connectivity index (χ4v) is 6.75. The Bertz CT molecular complexity index is 1190. The van der Waals surface area contributed by atoms with Gasteiger partial charge in [0.15, 0.2) is 0 Å². The number of hydrogen-bond donors (Lipinski definition) is 2. The Morgan fingerprint density at radius 2 is 1.97 bits per heavy atom. The van der Waals surface area contributed by atoms with Crippen LogP contribution in [-0.4, -0.2) is 59.6 Å². The topological polar surface area (TPSA) is 60.5 Å². The summed E-state index contributed by atoms with van der Waals surface area (Å²) in [7, 11) is 0. The summed E-state index contributed by atoms with van der Waals surface area (Å²) >= 11 is 1.56. The number of piperidine rings is 2. The maximum Gasteiger partial charge on any atom is 0.263 e. The first-order chi connectivity index (χ1) is 15.0. The highest BCUT2D eigenvalue weighted by Gasteiger charge is 2.40. The summed E-state index contributed by atoms with van der Waals surface area (Å²) in [5, 5.41) is 8.84. The highest BCUT2D eigenvalue weighted by Crippen LogP contribution is 2.41. The van der Waals surface area contributed by atoms with Gasteiger partial charge in [-0.15, -0.1) is 11.3 Å². The molecule has 2 bridgehead atoms. The highest BCUT2D eigenvalue weighted by molar-refractivity contribution is 7.21. The van der Waals surface area contributed by atoms with Crippen LogP contribution < -0.4 is 15.5 Å². The van der Waals surface area contributed by atoms with Crippen LogP contribution in [0.4, 0.5) is 11.5 Å². The number of benzene rings is 1. The van der Waals surface area contributed by atoms with E-state index < -0.39 is 0 Å². The van der Waals surface area contributed by atoms with Crippen molar-refractivity contribution in [3.63, 3.8) is 0 Å². The van der Waals surface area contributed by atoms with Crippen LogP contribution in [0.3, 0.4) is 0 Å². The molecule has 0 spiro atoms. The number of thiophene rings is 1. The molecule has 3 aromatic rings. The van der Waals surface area contributed by atoms with Crippen LogP contribution in [0.2, 0.25) is 0 Å². The van der Waals surface area contributed by atoms with Gasteiger partial charge < -0.3 is 15.5 Å². The molecule has 3 atom stereocenters. The minimum Gasteiger partial charge on any atom is -0.381 e. The first-order valence-corrected chi connectivity index (χ1v) is 12.2. The quantitative estimate of drug-likeness (QED) is 0.636. The lowest BCUT2D eigenvalue weighted by Crippen LogP contribution is -2.64. The Labute approximate surface area is 186 Å². The number of nitrogens with zero attached hydrogens (tertiary/aromatic N) is 3. The van der Waals surface area contributed by atoms with Gasteiger partial charge in [0.2, 0.25) is 0 Å². The predicted molar refractivity (Wildman–Crippen MR) is 129 cm³/mol. The standard InChI is InChI=1S/C24H29N5OS/c1-13(2)28-11-16-5-4-15(28)12-29(16)20-9-6-17-18(27-20)7-8-19-21(17)22-23(31-19)24(30)26-14(3)10-25-22/h6-9,13-16,25H,4-5,10-12H2,1-3H3,(H,26,30)/t14-,15-,16-/m1/s1. The van der Waals surface area contributed by atoms with Crippen molar-refractivity contribution in [2.24, 2.45) is 0 Å². The van der Waals surface area contributed by atoms with E-state index in [1.165, 1.54) is 12.8 Å². The van der Waals surface area contributed by atoms with Crippen LogP contribution in [0, 0.1) is 0 Å². The van der Waals surface area contributed by atoms with E-state index in [2.05, 4.69) is 58.5 Å². The average molecular weight is 436 g/mol. The van der Waals surface area contributed by atoms with Gasteiger partial charge in [-0.3, -0.25) is 9.69 Å². The van der Waals surface area contributed by atoms with Crippen LogP contribution in [0.25, 0.3) is 21.0 Å². The van der Waals surface area contributed by atoms with Crippen LogP contribution in [-0.2, 0) is 0 Å². The summed E-state index contributed by atoms with van der Waals surface area (Å²) in [6.07, 6.45) is 2.54. The number of rotatable bonds is 2. The van der Waals surface area contributed by atoms with E-state index >= 15 is 0 Å². The van der Waals surface area contributed by atoms with Crippen molar-refractivity contribution in [2.75, 3.05) is 29.9 Å². The fourth-order valence-electron chi connectivity index (χ4n) is 5.65. The highest BCUT2D eigenvalue weighted by atomic mass is 32.1. The molecule has 6 nitrogen and oxygen atoms in total. The van der Waals surface area contributed by atoms with Crippen LogP contribution in [0.5, 0.6) is 0 Å². The van der Waals surface area contributed by atoms with Gasteiger partial charge in [0.05, 0.1) is 11.2 Å². The average Bonchev–Trinajstić information content (AvgIpc) is 3.10. The predicted octanol–water partition coefficient (Wildman–Crippen LogP) is 4.05. The van der Waals surface area contributed by atoms with E-state index in [-0.39, 0.29) is 11.9 Å². The van der Waals surface area contributed by atoms with Gasteiger partial charge in [-0.05, 0) is 57.9 Å². The van der Waals surface area contributed by atoms with Gasteiger partial charge in [0.25, 0.3) is 5.91 Å². The first kappa shape index (κ1) is 19.3. The van der Waals surface area contributed by atoms with Crippen molar-refractivity contribution in [3.05, 3.63) is 29.1 Å². The zero-order valence-electron chi connectivity index (χ0n) is 18.3. The zero-order valence-corrected chi connectivity index (χ0v) is 19.1. The Morgan fingerprint density at radius 1 is 1.13 bits per heavy atom. The smallest absolute Gasteiger partial charge is 0.263 e. The third-order valence-corrected chi connectivity index (χ3v) is 8.36.